The number of nitrogens with two attached hydrogens (primary N) is 1. The molecule has 0 aromatic heterocycles. The SMILES string of the molecule is CCC1CCCN(Cc2cccc(CN)c2)C1. The van der Waals surface area contributed by atoms with Crippen LogP contribution in [-0.2, 0) is 13.1 Å². The van der Waals surface area contributed by atoms with Crippen LogP contribution in [0.3, 0.4) is 0 Å². The van der Waals surface area contributed by atoms with Gasteiger partial charge in [-0.05, 0) is 36.4 Å². The Labute approximate surface area is 105 Å². The summed E-state index contributed by atoms with van der Waals surface area (Å²) in [5.74, 6) is 0.904. The van der Waals surface area contributed by atoms with Crippen LogP contribution in [0.4, 0.5) is 0 Å². The summed E-state index contributed by atoms with van der Waals surface area (Å²) in [5, 5.41) is 0. The molecule has 0 aliphatic carbocycles. The van der Waals surface area contributed by atoms with E-state index in [-0.39, 0.29) is 0 Å². The van der Waals surface area contributed by atoms with Crippen molar-refractivity contribution >= 4 is 0 Å². The predicted molar refractivity (Wildman–Crippen MR) is 72.6 cm³/mol. The van der Waals surface area contributed by atoms with Gasteiger partial charge >= 0.3 is 0 Å². The lowest BCUT2D eigenvalue weighted by Crippen LogP contribution is -2.34. The van der Waals surface area contributed by atoms with Crippen molar-refractivity contribution in [2.75, 3.05) is 13.1 Å². The second-order valence-corrected chi connectivity index (χ2v) is 5.18. The van der Waals surface area contributed by atoms with E-state index in [1.165, 1.54) is 43.5 Å². The van der Waals surface area contributed by atoms with E-state index in [2.05, 4.69) is 36.1 Å². The van der Waals surface area contributed by atoms with Crippen LogP contribution < -0.4 is 5.73 Å². The molecule has 1 aliphatic heterocycles. The summed E-state index contributed by atoms with van der Waals surface area (Å²) < 4.78 is 0. The van der Waals surface area contributed by atoms with E-state index >= 15 is 0 Å². The van der Waals surface area contributed by atoms with Crippen molar-refractivity contribution in [3.8, 4) is 0 Å². The number of hydrogen-bond acceptors (Lipinski definition) is 2. The Bertz CT molecular complexity index is 349. The second-order valence-electron chi connectivity index (χ2n) is 5.18. The fourth-order valence-electron chi connectivity index (χ4n) is 2.74. The summed E-state index contributed by atoms with van der Waals surface area (Å²) in [7, 11) is 0. The van der Waals surface area contributed by atoms with E-state index in [1.54, 1.807) is 0 Å². The first-order chi connectivity index (χ1) is 8.31. The molecule has 1 aliphatic rings. The van der Waals surface area contributed by atoms with Crippen LogP contribution in [0.25, 0.3) is 0 Å². The smallest absolute Gasteiger partial charge is 0.0233 e. The molecule has 17 heavy (non-hydrogen) atoms. The average molecular weight is 232 g/mol. The normalized spacial score (nSPS) is 21.6. The highest BCUT2D eigenvalue weighted by Gasteiger charge is 2.18. The van der Waals surface area contributed by atoms with Gasteiger partial charge in [0.15, 0.2) is 0 Å². The van der Waals surface area contributed by atoms with Crippen molar-refractivity contribution in [1.29, 1.82) is 0 Å². The highest BCUT2D eigenvalue weighted by Crippen LogP contribution is 2.21. The zero-order valence-electron chi connectivity index (χ0n) is 10.9. The Kier molecular flexibility index (Phi) is 4.57. The van der Waals surface area contributed by atoms with Gasteiger partial charge in [-0.1, -0.05) is 37.6 Å². The van der Waals surface area contributed by atoms with E-state index in [0.29, 0.717) is 6.54 Å². The third kappa shape index (κ3) is 3.55. The summed E-state index contributed by atoms with van der Waals surface area (Å²) in [6.07, 6.45) is 4.09. The number of hydrogen-bond donors (Lipinski definition) is 1. The van der Waals surface area contributed by atoms with Crippen LogP contribution in [0.15, 0.2) is 24.3 Å². The first-order valence-corrected chi connectivity index (χ1v) is 6.82. The molecule has 0 spiro atoms. The van der Waals surface area contributed by atoms with Crippen molar-refractivity contribution in [2.45, 2.75) is 39.3 Å². The second kappa shape index (κ2) is 6.18. The minimum absolute atomic E-state index is 0.644. The van der Waals surface area contributed by atoms with Crippen molar-refractivity contribution < 1.29 is 0 Å². The molecule has 1 unspecified atom stereocenters. The molecule has 0 bridgehead atoms. The molecule has 2 rings (SSSR count). The zero-order chi connectivity index (χ0) is 12.1. The Morgan fingerprint density at radius 2 is 2.18 bits per heavy atom. The summed E-state index contributed by atoms with van der Waals surface area (Å²) in [6, 6.07) is 8.69. The van der Waals surface area contributed by atoms with E-state index in [4.69, 9.17) is 5.73 Å². The minimum atomic E-state index is 0.644. The van der Waals surface area contributed by atoms with Crippen LogP contribution in [0, 0.1) is 5.92 Å². The molecule has 1 heterocycles. The molecule has 1 aromatic rings. The predicted octanol–water partition coefficient (Wildman–Crippen LogP) is 2.77. The molecule has 1 aromatic carbocycles. The van der Waals surface area contributed by atoms with Gasteiger partial charge in [0.05, 0.1) is 0 Å². The summed E-state index contributed by atoms with van der Waals surface area (Å²) in [5.41, 5.74) is 8.33. The largest absolute Gasteiger partial charge is 0.326 e. The van der Waals surface area contributed by atoms with Gasteiger partial charge in [-0.3, -0.25) is 4.90 Å². The lowest BCUT2D eigenvalue weighted by Gasteiger charge is -2.32. The number of piperidine rings is 1. The maximum Gasteiger partial charge on any atom is 0.0233 e. The molecular formula is C15H24N2. The highest BCUT2D eigenvalue weighted by atomic mass is 15.1. The molecule has 2 nitrogen and oxygen atoms in total. The molecule has 0 amide bonds. The molecule has 94 valence electrons. The topological polar surface area (TPSA) is 29.3 Å². The van der Waals surface area contributed by atoms with E-state index in [0.717, 1.165) is 12.5 Å². The highest BCUT2D eigenvalue weighted by molar-refractivity contribution is 5.23. The molecule has 1 fully saturated rings. The standard InChI is InChI=1S/C15H24N2/c1-2-13-7-4-8-17(11-13)12-15-6-3-5-14(9-15)10-16/h3,5-6,9,13H,2,4,7-8,10-12,16H2,1H3. The lowest BCUT2D eigenvalue weighted by molar-refractivity contribution is 0.164. The van der Waals surface area contributed by atoms with Crippen LogP contribution in [0.5, 0.6) is 0 Å². The molecule has 1 atom stereocenters. The van der Waals surface area contributed by atoms with Crippen LogP contribution in [-0.4, -0.2) is 18.0 Å². The molecule has 2 N–H and O–H groups in total. The van der Waals surface area contributed by atoms with Crippen molar-refractivity contribution in [2.24, 2.45) is 11.7 Å². The van der Waals surface area contributed by atoms with Crippen LogP contribution in [0.2, 0.25) is 0 Å². The van der Waals surface area contributed by atoms with Gasteiger partial charge in [0.1, 0.15) is 0 Å². The maximum absolute atomic E-state index is 5.68. The third-order valence-electron chi connectivity index (χ3n) is 3.81. The van der Waals surface area contributed by atoms with Crippen LogP contribution >= 0.6 is 0 Å². The Hall–Kier alpha value is -0.860. The number of benzene rings is 1. The van der Waals surface area contributed by atoms with Gasteiger partial charge in [-0.25, -0.2) is 0 Å². The Morgan fingerprint density at radius 3 is 2.94 bits per heavy atom. The van der Waals surface area contributed by atoms with Gasteiger partial charge in [0, 0.05) is 19.6 Å². The van der Waals surface area contributed by atoms with E-state index in [9.17, 15) is 0 Å². The lowest BCUT2D eigenvalue weighted by atomic mass is 9.95. The van der Waals surface area contributed by atoms with Crippen molar-refractivity contribution in [3.05, 3.63) is 35.4 Å². The minimum Gasteiger partial charge on any atom is -0.326 e. The van der Waals surface area contributed by atoms with E-state index < -0.39 is 0 Å². The van der Waals surface area contributed by atoms with Gasteiger partial charge in [0.25, 0.3) is 0 Å². The first kappa shape index (κ1) is 12.6. The molecular weight excluding hydrogens is 208 g/mol. The van der Waals surface area contributed by atoms with Crippen molar-refractivity contribution in [1.82, 2.24) is 4.90 Å². The third-order valence-corrected chi connectivity index (χ3v) is 3.81. The number of rotatable bonds is 4. The summed E-state index contributed by atoms with van der Waals surface area (Å²) in [6.45, 7) is 6.56. The summed E-state index contributed by atoms with van der Waals surface area (Å²) >= 11 is 0. The maximum atomic E-state index is 5.68. The molecule has 0 saturated carbocycles. The Morgan fingerprint density at radius 1 is 1.35 bits per heavy atom. The fourth-order valence-corrected chi connectivity index (χ4v) is 2.74. The molecule has 2 heteroatoms. The average Bonchev–Trinajstić information content (AvgIpc) is 2.39. The van der Waals surface area contributed by atoms with Crippen molar-refractivity contribution in [3.63, 3.8) is 0 Å². The van der Waals surface area contributed by atoms with Gasteiger partial charge < -0.3 is 5.73 Å². The monoisotopic (exact) mass is 232 g/mol. The van der Waals surface area contributed by atoms with Gasteiger partial charge in [-0.15, -0.1) is 0 Å². The number of likely N-dealkylation sites (tertiary alicyclic amines) is 1. The quantitative estimate of drug-likeness (QED) is 0.865. The summed E-state index contributed by atoms with van der Waals surface area (Å²) in [4.78, 5) is 2.59. The zero-order valence-corrected chi connectivity index (χ0v) is 10.9. The van der Waals surface area contributed by atoms with E-state index in [1.807, 2.05) is 0 Å². The van der Waals surface area contributed by atoms with Gasteiger partial charge in [0.2, 0.25) is 0 Å². The fraction of sp³-hybridized carbons (Fsp3) is 0.600. The molecule has 0 radical (unpaired) electrons. The van der Waals surface area contributed by atoms with Gasteiger partial charge in [-0.2, -0.15) is 0 Å². The number of nitrogens with zero attached hydrogens (tertiary/aromatic N) is 1. The Balaban J connectivity index is 1.95. The van der Waals surface area contributed by atoms with Crippen LogP contribution in [0.1, 0.15) is 37.3 Å². The first-order valence-electron chi connectivity index (χ1n) is 6.82. The molecule has 1 saturated heterocycles.